The number of rotatable bonds is 3. The van der Waals surface area contributed by atoms with E-state index < -0.39 is 0 Å². The Hall–Kier alpha value is -2.12. The molecule has 0 spiro atoms. The second kappa shape index (κ2) is 6.88. The molecule has 1 aromatic heterocycles. The molecule has 1 heterocycles. The Morgan fingerprint density at radius 1 is 1.40 bits per heavy atom. The molecule has 0 bridgehead atoms. The quantitative estimate of drug-likeness (QED) is 0.864. The molecule has 0 aliphatic rings. The standard InChI is InChI=1S/C16H14FNOS/c1-12-4-5-13(11-15(12)17)6-7-16(19)18-9-8-14-3-2-10-20-14/h2-5,10-11H,8-9H2,1H3,(H,18,19). The molecule has 0 aliphatic heterocycles. The summed E-state index contributed by atoms with van der Waals surface area (Å²) in [6.07, 6.45) is 0.796. The zero-order valence-electron chi connectivity index (χ0n) is 11.1. The fourth-order valence-electron chi connectivity index (χ4n) is 1.60. The van der Waals surface area contributed by atoms with Crippen LogP contribution in [0.3, 0.4) is 0 Å². The number of carbonyl (C=O) groups excluding carboxylic acids is 1. The number of hydrogen-bond acceptors (Lipinski definition) is 2. The molecule has 4 heteroatoms. The van der Waals surface area contributed by atoms with Crippen LogP contribution in [0.4, 0.5) is 4.39 Å². The van der Waals surface area contributed by atoms with Gasteiger partial charge in [-0.3, -0.25) is 4.79 Å². The lowest BCUT2D eigenvalue weighted by atomic mass is 10.1. The van der Waals surface area contributed by atoms with Crippen LogP contribution < -0.4 is 5.32 Å². The molecule has 1 amide bonds. The summed E-state index contributed by atoms with van der Waals surface area (Å²) in [5, 5.41) is 4.72. The van der Waals surface area contributed by atoms with Gasteiger partial charge in [-0.1, -0.05) is 18.1 Å². The third-order valence-electron chi connectivity index (χ3n) is 2.73. The minimum atomic E-state index is -0.345. The SMILES string of the molecule is Cc1ccc(C#CC(=O)NCCc2cccs2)cc1F. The monoisotopic (exact) mass is 287 g/mol. The highest BCUT2D eigenvalue weighted by Gasteiger charge is 1.99. The van der Waals surface area contributed by atoms with E-state index in [0.717, 1.165) is 6.42 Å². The maximum atomic E-state index is 13.3. The number of amides is 1. The molecule has 0 unspecified atom stereocenters. The first kappa shape index (κ1) is 14.3. The van der Waals surface area contributed by atoms with Crippen LogP contribution in [0.1, 0.15) is 16.0 Å². The van der Waals surface area contributed by atoms with E-state index in [-0.39, 0.29) is 11.7 Å². The van der Waals surface area contributed by atoms with Crippen molar-refractivity contribution in [3.8, 4) is 11.8 Å². The number of benzene rings is 1. The highest BCUT2D eigenvalue weighted by atomic mass is 32.1. The fourth-order valence-corrected chi connectivity index (χ4v) is 2.31. The number of halogens is 1. The van der Waals surface area contributed by atoms with Gasteiger partial charge in [0.1, 0.15) is 5.82 Å². The van der Waals surface area contributed by atoms with E-state index >= 15 is 0 Å². The molecule has 0 aliphatic carbocycles. The lowest BCUT2D eigenvalue weighted by Crippen LogP contribution is -2.23. The van der Waals surface area contributed by atoms with Gasteiger partial charge in [-0.15, -0.1) is 11.3 Å². The zero-order chi connectivity index (χ0) is 14.4. The molecule has 0 fully saturated rings. The summed E-state index contributed by atoms with van der Waals surface area (Å²) in [7, 11) is 0. The van der Waals surface area contributed by atoms with Gasteiger partial charge in [0, 0.05) is 22.9 Å². The van der Waals surface area contributed by atoms with Crippen molar-refractivity contribution in [1.29, 1.82) is 0 Å². The molecular weight excluding hydrogens is 273 g/mol. The van der Waals surface area contributed by atoms with Gasteiger partial charge in [0.15, 0.2) is 0 Å². The van der Waals surface area contributed by atoms with Gasteiger partial charge in [0.25, 0.3) is 5.91 Å². The molecule has 0 saturated carbocycles. The summed E-state index contributed by atoms with van der Waals surface area (Å²) in [5.74, 6) is 4.46. The Kier molecular flexibility index (Phi) is 4.91. The molecule has 102 valence electrons. The normalized spacial score (nSPS) is 9.70. The Labute approximate surface area is 121 Å². The molecule has 0 radical (unpaired) electrons. The predicted octanol–water partition coefficient (Wildman–Crippen LogP) is 2.91. The summed E-state index contributed by atoms with van der Waals surface area (Å²) < 4.78 is 13.3. The molecule has 2 aromatic rings. The van der Waals surface area contributed by atoms with Crippen LogP contribution in [0.5, 0.6) is 0 Å². The van der Waals surface area contributed by atoms with Gasteiger partial charge < -0.3 is 5.32 Å². The maximum Gasteiger partial charge on any atom is 0.296 e. The second-order valence-corrected chi connectivity index (χ2v) is 5.33. The van der Waals surface area contributed by atoms with E-state index in [1.165, 1.54) is 10.9 Å². The van der Waals surface area contributed by atoms with E-state index in [4.69, 9.17) is 0 Å². The summed E-state index contributed by atoms with van der Waals surface area (Å²) in [5.41, 5.74) is 1.07. The Balaban J connectivity index is 1.85. The van der Waals surface area contributed by atoms with Gasteiger partial charge >= 0.3 is 0 Å². The van der Waals surface area contributed by atoms with Crippen molar-refractivity contribution < 1.29 is 9.18 Å². The van der Waals surface area contributed by atoms with E-state index in [2.05, 4.69) is 17.2 Å². The average Bonchev–Trinajstić information content (AvgIpc) is 2.93. The minimum absolute atomic E-state index is 0.310. The Morgan fingerprint density at radius 2 is 2.25 bits per heavy atom. The van der Waals surface area contributed by atoms with Crippen LogP contribution in [0.2, 0.25) is 0 Å². The average molecular weight is 287 g/mol. The predicted molar refractivity (Wildman–Crippen MR) is 79.0 cm³/mol. The van der Waals surface area contributed by atoms with Crippen LogP contribution in [0.25, 0.3) is 0 Å². The summed E-state index contributed by atoms with van der Waals surface area (Å²) in [6, 6.07) is 8.69. The highest BCUT2D eigenvalue weighted by molar-refractivity contribution is 7.09. The van der Waals surface area contributed by atoms with E-state index in [1.807, 2.05) is 17.5 Å². The smallest absolute Gasteiger partial charge is 0.296 e. The Morgan fingerprint density at radius 3 is 2.95 bits per heavy atom. The second-order valence-electron chi connectivity index (χ2n) is 4.30. The van der Waals surface area contributed by atoms with Crippen molar-refractivity contribution in [2.45, 2.75) is 13.3 Å². The molecule has 0 atom stereocenters. The third-order valence-corrected chi connectivity index (χ3v) is 3.67. The van der Waals surface area contributed by atoms with Crippen LogP contribution in [0.15, 0.2) is 35.7 Å². The maximum absolute atomic E-state index is 13.3. The summed E-state index contributed by atoms with van der Waals surface area (Å²) >= 11 is 1.66. The van der Waals surface area contributed by atoms with Crippen molar-refractivity contribution >= 4 is 17.2 Å². The topological polar surface area (TPSA) is 29.1 Å². The van der Waals surface area contributed by atoms with Crippen molar-refractivity contribution in [2.24, 2.45) is 0 Å². The summed E-state index contributed by atoms with van der Waals surface area (Å²) in [4.78, 5) is 12.7. The number of nitrogens with one attached hydrogen (secondary N) is 1. The molecule has 2 rings (SSSR count). The number of aryl methyl sites for hydroxylation is 1. The largest absolute Gasteiger partial charge is 0.345 e. The molecule has 1 N–H and O–H groups in total. The van der Waals surface area contributed by atoms with Crippen LogP contribution in [-0.2, 0) is 11.2 Å². The first-order chi connectivity index (χ1) is 9.65. The van der Waals surface area contributed by atoms with Gasteiger partial charge in [-0.25, -0.2) is 4.39 Å². The van der Waals surface area contributed by atoms with Crippen LogP contribution >= 0.6 is 11.3 Å². The summed E-state index contributed by atoms with van der Waals surface area (Å²) in [6.45, 7) is 2.24. The van der Waals surface area contributed by atoms with Crippen molar-refractivity contribution in [2.75, 3.05) is 6.54 Å². The molecule has 1 aromatic carbocycles. The van der Waals surface area contributed by atoms with E-state index in [9.17, 15) is 9.18 Å². The molecule has 2 nitrogen and oxygen atoms in total. The van der Waals surface area contributed by atoms with Gasteiger partial charge in [0.05, 0.1) is 0 Å². The van der Waals surface area contributed by atoms with Crippen LogP contribution in [-0.4, -0.2) is 12.5 Å². The number of hydrogen-bond donors (Lipinski definition) is 1. The first-order valence-corrected chi connectivity index (χ1v) is 7.11. The van der Waals surface area contributed by atoms with Crippen molar-refractivity contribution in [3.05, 3.63) is 57.5 Å². The number of thiophene rings is 1. The zero-order valence-corrected chi connectivity index (χ0v) is 11.9. The van der Waals surface area contributed by atoms with E-state index in [1.54, 1.807) is 30.4 Å². The third kappa shape index (κ3) is 4.22. The lowest BCUT2D eigenvalue weighted by molar-refractivity contribution is -0.115. The van der Waals surface area contributed by atoms with E-state index in [0.29, 0.717) is 17.7 Å². The first-order valence-electron chi connectivity index (χ1n) is 6.23. The van der Waals surface area contributed by atoms with Crippen molar-refractivity contribution in [1.82, 2.24) is 5.32 Å². The van der Waals surface area contributed by atoms with Gasteiger partial charge in [-0.05, 0) is 42.5 Å². The molecule has 0 saturated heterocycles. The number of carbonyl (C=O) groups is 1. The lowest BCUT2D eigenvalue weighted by Gasteiger charge is -1.98. The minimum Gasteiger partial charge on any atom is -0.345 e. The van der Waals surface area contributed by atoms with Gasteiger partial charge in [-0.2, -0.15) is 0 Å². The molecular formula is C16H14FNOS. The molecule has 20 heavy (non-hydrogen) atoms. The Bertz CT molecular complexity index is 653. The highest BCUT2D eigenvalue weighted by Crippen LogP contribution is 2.08. The fraction of sp³-hybridized carbons (Fsp3) is 0.188. The van der Waals surface area contributed by atoms with Gasteiger partial charge in [0.2, 0.25) is 0 Å². The van der Waals surface area contributed by atoms with Crippen molar-refractivity contribution in [3.63, 3.8) is 0 Å². The van der Waals surface area contributed by atoms with Crippen LogP contribution in [0, 0.1) is 24.6 Å².